The van der Waals surface area contributed by atoms with Crippen LogP contribution in [0.5, 0.6) is 28.7 Å². The van der Waals surface area contributed by atoms with E-state index in [1.807, 2.05) is 60.7 Å². The number of ether oxygens (including phenoxy) is 6. The normalized spacial score (nSPS) is 11.4. The van der Waals surface area contributed by atoms with E-state index in [0.29, 0.717) is 82.1 Å². The molecule has 0 aliphatic heterocycles. The number of halogens is 5. The lowest BCUT2D eigenvalue weighted by Gasteiger charge is -2.16. The molecule has 16 N–H and O–H groups in total. The number of carboxylic acids is 2. The van der Waals surface area contributed by atoms with Crippen LogP contribution in [0.2, 0.25) is 0 Å². The standard InChI is InChI=1S/C22H24N4O5.C18H16N4O5.C14H17N3O3.C13H14ClN3O3.C9H11NO2.C8H10N2O2.C6H11NO3.CH2Cl2.Cl2OS/c1-4-30-22(28)16-7-5-6-8-17(16)24-21(27)18(23-2)13-19-25-20(26-31-19)14-9-11-15(29-3)12-10-14;19-13(17(24)20-14-4-2-1-3-12(14)18(25)26)9-15-21-16(22-27-15)10-5-7-11(23)8-6-10;1-9(18)12(15-2)8-13-16-14(17-20-13)10-4-6-11(19-3)7-5-10;1-15-10(12(14)18)7-11-16-13(17-20-11)8-3-5-9(19-2)6-4-8;1-2-12-9(11)7-5-3-4-6-8(7)10;1-12-7-4-2-6(3-5-7)8(9)10-11;1-4(8)5(7-2)3-6(9)10;2-1-3;1-4(2)3/h5-12,18,23H,4,13H2,1-3H3,(H,24,27);1-8,13,23H,9,19H2,(H,20,24)(H,25,26);4-7,12,15H,8H2,1-3H3;3-6,10,15H,7H2,1-2H3;3-6H,2,10H2,1H3;2-5,11H,1H3,(H2,9,10);5,7H,3H2,1-2H3,(H,9,10);1H2;. The van der Waals surface area contributed by atoms with E-state index >= 15 is 0 Å². The Labute approximate surface area is 824 Å². The molecule has 0 aliphatic rings. The number of aromatic nitrogens is 8. The number of esters is 2. The number of hydrogen-bond acceptors (Lipinski definition) is 37. The molecular formula is C91H105Cl5N18O24S. The van der Waals surface area contributed by atoms with Gasteiger partial charge in [-0.2, -0.15) is 19.9 Å². The summed E-state index contributed by atoms with van der Waals surface area (Å²) in [4.78, 5) is 120. The van der Waals surface area contributed by atoms with Gasteiger partial charge >= 0.3 is 23.9 Å². The van der Waals surface area contributed by atoms with E-state index in [1.165, 1.54) is 38.1 Å². The largest absolute Gasteiger partial charge is 0.508 e. The second kappa shape index (κ2) is 63.8. The zero-order chi connectivity index (χ0) is 103. The van der Waals surface area contributed by atoms with E-state index in [1.54, 1.807) is 180 Å². The summed E-state index contributed by atoms with van der Waals surface area (Å²) in [5.41, 5.74) is 22.1. The summed E-state index contributed by atoms with van der Waals surface area (Å²) in [6.07, 6.45) is 0.641. The summed E-state index contributed by atoms with van der Waals surface area (Å²) in [6.45, 7) is 6.99. The summed E-state index contributed by atoms with van der Waals surface area (Å²) in [5.74, 6) is 2.10. The van der Waals surface area contributed by atoms with Gasteiger partial charge in [0, 0.05) is 61.3 Å². The molecule has 139 heavy (non-hydrogen) atoms. The maximum Gasteiger partial charge on any atom is 0.340 e. The third kappa shape index (κ3) is 42.0. The van der Waals surface area contributed by atoms with Crippen LogP contribution in [-0.2, 0) is 73.2 Å². The number of para-hydroxylation sites is 3. The van der Waals surface area contributed by atoms with Crippen molar-refractivity contribution in [2.45, 2.75) is 90.0 Å². The second-order valence-corrected chi connectivity index (χ2v) is 31.3. The van der Waals surface area contributed by atoms with Crippen LogP contribution in [0.4, 0.5) is 17.1 Å². The van der Waals surface area contributed by atoms with Gasteiger partial charge in [-0.05, 0) is 225 Å². The number of nitrogen functional groups attached to an aromatic ring is 1. The van der Waals surface area contributed by atoms with Crippen LogP contribution in [-0.4, -0.2) is 229 Å². The molecule has 12 aromatic rings. The van der Waals surface area contributed by atoms with Crippen molar-refractivity contribution in [1.29, 1.82) is 0 Å². The third-order valence-corrected chi connectivity index (χ3v) is 18.6. The van der Waals surface area contributed by atoms with Crippen molar-refractivity contribution in [2.24, 2.45) is 16.6 Å². The van der Waals surface area contributed by atoms with Gasteiger partial charge in [0.05, 0.1) is 131 Å². The number of nitrogens with one attached hydrogen (secondary N) is 6. The Morgan fingerprint density at radius 2 is 0.777 bits per heavy atom. The SMILES string of the molecule is CCOC(=O)c1ccccc1N.CCOC(=O)c1ccccc1NC(=O)C(Cc1nc(-c2ccc(OC)cc2)no1)NC.CNC(CC(=O)O)C(C)=O.CNC(Cc1nc(-c2ccc(OC)cc2)no1)C(=O)Cl.CNC(Cc1nc(-c2ccc(OC)cc2)no1)C(C)=O.COc1ccc(/C(N)=N/O)cc1.ClCCl.NC(Cc1nc(-c2ccc(O)cc2)no1)C(=O)Nc1ccccc1C(=O)O.O=S(Cl)Cl. The van der Waals surface area contributed by atoms with Crippen LogP contribution in [0.25, 0.3) is 45.6 Å². The van der Waals surface area contributed by atoms with Crippen molar-refractivity contribution in [3.8, 4) is 74.3 Å². The molecule has 48 heteroatoms. The molecule has 5 atom stereocenters. The first kappa shape index (κ1) is 117. The highest BCUT2D eigenvalue weighted by atomic mass is 36.0. The van der Waals surface area contributed by atoms with Crippen molar-refractivity contribution in [1.82, 2.24) is 61.8 Å². The maximum absolute atomic E-state index is 12.8. The summed E-state index contributed by atoms with van der Waals surface area (Å²) >= 11 is 15.0. The number of amidine groups is 1. The Bertz CT molecular complexity index is 5760. The number of benzene rings is 8. The number of phenols is 1. The highest BCUT2D eigenvalue weighted by Crippen LogP contribution is 2.27. The van der Waals surface area contributed by atoms with E-state index < -0.39 is 62.5 Å². The van der Waals surface area contributed by atoms with Crippen LogP contribution >= 0.6 is 56.2 Å². The number of aliphatic carboxylic acids is 1. The Kier molecular flexibility index (Phi) is 53.7. The van der Waals surface area contributed by atoms with Gasteiger partial charge in [0.15, 0.2) is 5.84 Å². The number of ketones is 2. The molecular weight excluding hydrogens is 1940 g/mol. The number of methoxy groups -OCH3 is 4. The minimum Gasteiger partial charge on any atom is -0.508 e. The van der Waals surface area contributed by atoms with Gasteiger partial charge in [0.2, 0.25) is 73.1 Å². The number of nitrogens with two attached hydrogens (primary N) is 3. The lowest BCUT2D eigenvalue weighted by molar-refractivity contribution is -0.139. The predicted molar refractivity (Wildman–Crippen MR) is 521 cm³/mol. The van der Waals surface area contributed by atoms with E-state index in [9.17, 15) is 48.3 Å². The number of oxime groups is 1. The number of amides is 2. The lowest BCUT2D eigenvalue weighted by atomic mass is 10.1. The van der Waals surface area contributed by atoms with Crippen LogP contribution in [0.3, 0.4) is 0 Å². The number of likely N-dealkylation sites (N-methyl/N-ethyl adjacent to an activating group) is 4. The Morgan fingerprint density at radius 1 is 0.460 bits per heavy atom. The van der Waals surface area contributed by atoms with Crippen molar-refractivity contribution >= 4 is 141 Å². The summed E-state index contributed by atoms with van der Waals surface area (Å²) < 4.78 is 59.9. The van der Waals surface area contributed by atoms with Gasteiger partial charge in [-0.15, -0.1) is 23.2 Å². The molecule has 0 radical (unpaired) electrons. The first-order chi connectivity index (χ1) is 66.5. The zero-order valence-corrected chi connectivity index (χ0v) is 81.6. The quantitative estimate of drug-likeness (QED) is 0.00256. The maximum atomic E-state index is 12.8. The molecule has 4 aromatic heterocycles. The van der Waals surface area contributed by atoms with Gasteiger partial charge in [-0.3, -0.25) is 28.8 Å². The highest BCUT2D eigenvalue weighted by molar-refractivity contribution is 8.26. The number of carbonyl (C=O) groups is 9. The highest BCUT2D eigenvalue weighted by Gasteiger charge is 2.27. The van der Waals surface area contributed by atoms with Crippen molar-refractivity contribution < 1.29 is 114 Å². The van der Waals surface area contributed by atoms with Crippen LogP contribution in [0, 0.1) is 0 Å². The fourth-order valence-corrected chi connectivity index (χ4v) is 11.3. The summed E-state index contributed by atoms with van der Waals surface area (Å²) in [7, 11) is 20.3. The van der Waals surface area contributed by atoms with Crippen LogP contribution < -0.4 is 68.0 Å². The monoisotopic (exact) mass is 2040 g/mol. The zero-order valence-electron chi connectivity index (χ0n) is 77.0. The minimum absolute atomic E-state index is 0.0217. The Balaban J connectivity index is 0.000000345. The number of aromatic hydroxyl groups is 1. The number of carboxylic acid groups (broad SMARTS) is 2. The summed E-state index contributed by atoms with van der Waals surface area (Å²) in [5, 5.41) is 69.8. The van der Waals surface area contributed by atoms with Crippen molar-refractivity contribution in [3.05, 3.63) is 240 Å². The number of carbonyl (C=O) groups excluding carboxylic acids is 7. The average Bonchev–Trinajstić information content (AvgIpc) is 1.68. The second-order valence-electron chi connectivity index (χ2n) is 27.6. The third-order valence-electron chi connectivity index (χ3n) is 18.3. The number of aromatic carboxylic acids is 1. The van der Waals surface area contributed by atoms with Crippen molar-refractivity contribution in [2.75, 3.05) is 91.6 Å². The van der Waals surface area contributed by atoms with Crippen molar-refractivity contribution in [3.63, 3.8) is 0 Å². The van der Waals surface area contributed by atoms with Gasteiger partial charge in [-0.1, -0.05) is 62.2 Å². The van der Waals surface area contributed by atoms with Crippen LogP contribution in [0.1, 0.15) is 94.3 Å². The van der Waals surface area contributed by atoms with Gasteiger partial charge in [0.25, 0.3) is 0 Å². The molecule has 42 nitrogen and oxygen atoms in total. The smallest absolute Gasteiger partial charge is 0.340 e. The molecule has 0 saturated carbocycles. The molecule has 0 fully saturated rings. The van der Waals surface area contributed by atoms with Gasteiger partial charge in [0.1, 0.15) is 40.3 Å². The van der Waals surface area contributed by atoms with Gasteiger partial charge < -0.3 is 116 Å². The molecule has 0 spiro atoms. The van der Waals surface area contributed by atoms with Crippen LogP contribution in [0.15, 0.2) is 217 Å². The molecule has 8 aromatic carbocycles. The first-order valence-electron chi connectivity index (χ1n) is 41.1. The molecule has 0 saturated heterocycles. The Morgan fingerprint density at radius 3 is 1.11 bits per heavy atom. The fraction of sp³-hybridized carbons (Fsp3) is 0.275. The molecule has 4 heterocycles. The van der Waals surface area contributed by atoms with E-state index in [0.717, 1.165) is 39.7 Å². The number of alkyl halides is 2. The number of hydrogen-bond donors (Lipinski definition) is 13. The van der Waals surface area contributed by atoms with E-state index in [4.69, 9.17) is 118 Å². The van der Waals surface area contributed by atoms with E-state index in [2.05, 4.69) is 99.0 Å². The predicted octanol–water partition coefficient (Wildman–Crippen LogP) is 11.8. The number of nitrogens with zero attached hydrogens (tertiary/aromatic N) is 9. The number of Topliss-reactive ketones (excluding diaryl/α,β-unsaturated/α-hetero) is 2. The fourth-order valence-electron chi connectivity index (χ4n) is 11.1. The average molecular weight is 2040 g/mol. The number of rotatable bonds is 35. The first-order valence-corrected chi connectivity index (χ1v) is 45.4. The van der Waals surface area contributed by atoms with Gasteiger partial charge in [-0.25, -0.2) is 18.6 Å². The Hall–Kier alpha value is -14.4. The minimum atomic E-state index is -1.67. The molecule has 0 bridgehead atoms. The number of phenolic OH excluding ortho intramolecular Hbond substituents is 1. The molecule has 744 valence electrons. The molecule has 2 amide bonds. The van der Waals surface area contributed by atoms with E-state index in [-0.39, 0.29) is 101 Å². The molecule has 5 unspecified atom stereocenters. The summed E-state index contributed by atoms with van der Waals surface area (Å²) in [6, 6.07) is 51.5. The molecule has 12 rings (SSSR count). The topological polar surface area (TPSA) is 625 Å². The molecule has 0 aliphatic carbocycles. The lowest BCUT2D eigenvalue weighted by Crippen LogP contribution is -2.40. The number of anilines is 3.